The van der Waals surface area contributed by atoms with E-state index in [2.05, 4.69) is 56.2 Å². The number of hydrogen-bond donors (Lipinski definition) is 2. The van der Waals surface area contributed by atoms with Crippen molar-refractivity contribution in [2.75, 3.05) is 30.4 Å². The first-order valence-corrected chi connectivity index (χ1v) is 15.7. The van der Waals surface area contributed by atoms with E-state index in [0.717, 1.165) is 61.0 Å². The fraction of sp³-hybridized carbons (Fsp3) is 0.312. The zero-order valence-corrected chi connectivity index (χ0v) is 25.0. The molecule has 1 saturated carbocycles. The van der Waals surface area contributed by atoms with Crippen molar-refractivity contribution in [3.8, 4) is 22.3 Å². The summed E-state index contributed by atoms with van der Waals surface area (Å²) >= 11 is 8.15. The third-order valence-corrected chi connectivity index (χ3v) is 9.28. The molecule has 42 heavy (non-hydrogen) atoms. The second-order valence-corrected chi connectivity index (χ2v) is 12.3. The van der Waals surface area contributed by atoms with Gasteiger partial charge in [0.1, 0.15) is 5.65 Å². The summed E-state index contributed by atoms with van der Waals surface area (Å²) in [6, 6.07) is 16.6. The van der Waals surface area contributed by atoms with Gasteiger partial charge in [-0.15, -0.1) is 0 Å². The highest BCUT2D eigenvalue weighted by atomic mass is 35.5. The van der Waals surface area contributed by atoms with Crippen molar-refractivity contribution in [3.63, 3.8) is 0 Å². The number of fused-ring (bicyclic) bond motifs is 1. The van der Waals surface area contributed by atoms with Gasteiger partial charge in [-0.2, -0.15) is 4.98 Å². The SMILES string of the molecule is CN(c1ccc(Nc2ncc3cc(-c4ccc(-c5cnsc5)cc4Cl)c(=O)n(CC4CC4)c3n2)cc1)C1CCNCC1. The lowest BCUT2D eigenvalue weighted by molar-refractivity contribution is 0.443. The van der Waals surface area contributed by atoms with Gasteiger partial charge in [0.05, 0.1) is 0 Å². The van der Waals surface area contributed by atoms with E-state index in [4.69, 9.17) is 16.6 Å². The summed E-state index contributed by atoms with van der Waals surface area (Å²) in [5.41, 5.74) is 5.88. The molecule has 3 aromatic heterocycles. The predicted molar refractivity (Wildman–Crippen MR) is 172 cm³/mol. The fourth-order valence-corrected chi connectivity index (χ4v) is 6.54. The molecule has 1 saturated heterocycles. The van der Waals surface area contributed by atoms with E-state index < -0.39 is 0 Å². The highest BCUT2D eigenvalue weighted by Gasteiger charge is 2.25. The van der Waals surface area contributed by atoms with Gasteiger partial charge in [-0.3, -0.25) is 9.36 Å². The maximum absolute atomic E-state index is 13.9. The van der Waals surface area contributed by atoms with Crippen LogP contribution in [0.4, 0.5) is 17.3 Å². The van der Waals surface area contributed by atoms with Crippen LogP contribution in [0.25, 0.3) is 33.3 Å². The molecular weight excluding hydrogens is 566 g/mol. The first-order chi connectivity index (χ1) is 20.5. The largest absolute Gasteiger partial charge is 0.372 e. The summed E-state index contributed by atoms with van der Waals surface area (Å²) in [5, 5.41) is 10.1. The van der Waals surface area contributed by atoms with Gasteiger partial charge < -0.3 is 15.5 Å². The molecule has 2 aromatic carbocycles. The molecule has 214 valence electrons. The van der Waals surface area contributed by atoms with Crippen LogP contribution in [0, 0.1) is 5.92 Å². The standard InChI is InChI=1S/C32H32ClN7OS/c1-39(26-10-12-34-13-11-26)25-7-5-24(6-8-25)37-32-35-16-22-14-28(31(41)40(30(22)38-32)18-20-2-3-20)27-9-4-21(15-29(27)33)23-17-36-42-19-23/h4-9,14-17,19-20,26,34H,2-3,10-13,18H2,1H3,(H,35,37,38). The molecule has 2 aliphatic rings. The van der Waals surface area contributed by atoms with Crippen LogP contribution in [0.2, 0.25) is 5.02 Å². The molecule has 0 spiro atoms. The van der Waals surface area contributed by atoms with Gasteiger partial charge in [-0.05, 0) is 98.2 Å². The molecule has 0 amide bonds. The van der Waals surface area contributed by atoms with Crippen LogP contribution in [-0.2, 0) is 6.54 Å². The van der Waals surface area contributed by atoms with Crippen molar-refractivity contribution < 1.29 is 0 Å². The maximum Gasteiger partial charge on any atom is 0.260 e. The Balaban J connectivity index is 1.19. The number of aromatic nitrogens is 4. The summed E-state index contributed by atoms with van der Waals surface area (Å²) in [7, 11) is 2.17. The van der Waals surface area contributed by atoms with Gasteiger partial charge in [-0.25, -0.2) is 9.36 Å². The first kappa shape index (κ1) is 27.1. The van der Waals surface area contributed by atoms with Crippen LogP contribution in [0.5, 0.6) is 0 Å². The second kappa shape index (κ2) is 11.5. The van der Waals surface area contributed by atoms with E-state index in [-0.39, 0.29) is 5.56 Å². The Morgan fingerprint density at radius 3 is 2.55 bits per heavy atom. The minimum atomic E-state index is -0.0868. The number of nitrogens with zero attached hydrogens (tertiary/aromatic N) is 5. The minimum absolute atomic E-state index is 0.0868. The summed E-state index contributed by atoms with van der Waals surface area (Å²) < 4.78 is 5.99. The molecule has 2 N–H and O–H groups in total. The van der Waals surface area contributed by atoms with E-state index in [1.54, 1.807) is 10.8 Å². The highest BCUT2D eigenvalue weighted by molar-refractivity contribution is 7.03. The van der Waals surface area contributed by atoms with Crippen molar-refractivity contribution in [2.24, 2.45) is 5.92 Å². The summed E-state index contributed by atoms with van der Waals surface area (Å²) in [6.07, 6.45) is 8.15. The van der Waals surface area contributed by atoms with Crippen LogP contribution < -0.4 is 21.1 Å². The first-order valence-electron chi connectivity index (χ1n) is 14.4. The van der Waals surface area contributed by atoms with Crippen molar-refractivity contribution in [1.82, 2.24) is 24.2 Å². The minimum Gasteiger partial charge on any atom is -0.372 e. The van der Waals surface area contributed by atoms with Gasteiger partial charge in [-0.1, -0.05) is 23.7 Å². The predicted octanol–water partition coefficient (Wildman–Crippen LogP) is 6.58. The summed E-state index contributed by atoms with van der Waals surface area (Å²) in [6.45, 7) is 2.76. The Labute approximate surface area is 253 Å². The van der Waals surface area contributed by atoms with Crippen molar-refractivity contribution in [2.45, 2.75) is 38.3 Å². The molecule has 1 aliphatic heterocycles. The molecule has 0 radical (unpaired) electrons. The number of piperidine rings is 1. The van der Waals surface area contributed by atoms with Crippen LogP contribution >= 0.6 is 23.1 Å². The monoisotopic (exact) mass is 597 g/mol. The molecule has 10 heteroatoms. The number of halogens is 1. The van der Waals surface area contributed by atoms with Gasteiger partial charge in [0, 0.05) is 75.9 Å². The van der Waals surface area contributed by atoms with Crippen molar-refractivity contribution in [1.29, 1.82) is 0 Å². The summed E-state index contributed by atoms with van der Waals surface area (Å²) in [4.78, 5) is 25.7. The van der Waals surface area contributed by atoms with Gasteiger partial charge in [0.15, 0.2) is 0 Å². The number of pyridine rings is 1. The molecule has 7 rings (SSSR count). The van der Waals surface area contributed by atoms with Crippen molar-refractivity contribution >= 4 is 51.5 Å². The normalized spacial score (nSPS) is 15.7. The highest BCUT2D eigenvalue weighted by Crippen LogP contribution is 2.34. The van der Waals surface area contributed by atoms with Gasteiger partial charge >= 0.3 is 0 Å². The van der Waals surface area contributed by atoms with E-state index in [0.29, 0.717) is 46.2 Å². The van der Waals surface area contributed by atoms with Crippen LogP contribution in [0.1, 0.15) is 25.7 Å². The Morgan fingerprint density at radius 1 is 1.02 bits per heavy atom. The van der Waals surface area contributed by atoms with E-state index in [1.165, 1.54) is 17.2 Å². The average Bonchev–Trinajstić information content (AvgIpc) is 3.67. The zero-order chi connectivity index (χ0) is 28.6. The van der Waals surface area contributed by atoms with Crippen LogP contribution in [0.3, 0.4) is 0 Å². The Bertz CT molecular complexity index is 1780. The van der Waals surface area contributed by atoms with Gasteiger partial charge in [0.25, 0.3) is 5.56 Å². The second-order valence-electron chi connectivity index (χ2n) is 11.3. The number of hydrogen-bond acceptors (Lipinski definition) is 8. The Hall–Kier alpha value is -3.79. The summed E-state index contributed by atoms with van der Waals surface area (Å²) in [5.74, 6) is 0.950. The lowest BCUT2D eigenvalue weighted by Crippen LogP contribution is -2.41. The van der Waals surface area contributed by atoms with E-state index >= 15 is 0 Å². The van der Waals surface area contributed by atoms with Crippen LogP contribution in [0.15, 0.2) is 71.1 Å². The maximum atomic E-state index is 13.9. The Morgan fingerprint density at radius 2 is 1.83 bits per heavy atom. The lowest BCUT2D eigenvalue weighted by atomic mass is 10.0. The number of rotatable bonds is 8. The third kappa shape index (κ3) is 5.52. The van der Waals surface area contributed by atoms with E-state index in [9.17, 15) is 4.79 Å². The fourth-order valence-electron chi connectivity index (χ4n) is 5.71. The van der Waals surface area contributed by atoms with Crippen LogP contribution in [-0.4, -0.2) is 45.1 Å². The van der Waals surface area contributed by atoms with Crippen molar-refractivity contribution in [3.05, 3.63) is 81.7 Å². The number of benzene rings is 2. The zero-order valence-electron chi connectivity index (χ0n) is 23.4. The van der Waals surface area contributed by atoms with Gasteiger partial charge in [0.2, 0.25) is 5.95 Å². The van der Waals surface area contributed by atoms with E-state index in [1.807, 2.05) is 35.8 Å². The smallest absolute Gasteiger partial charge is 0.260 e. The molecule has 0 atom stereocenters. The molecule has 5 aromatic rings. The molecule has 4 heterocycles. The molecule has 0 bridgehead atoms. The molecule has 2 fully saturated rings. The number of anilines is 3. The number of nitrogens with one attached hydrogen (secondary N) is 2. The Kier molecular flexibility index (Phi) is 7.39. The quantitative estimate of drug-likeness (QED) is 0.209. The average molecular weight is 598 g/mol. The third-order valence-electron chi connectivity index (χ3n) is 8.38. The molecule has 0 unspecified atom stereocenters. The lowest BCUT2D eigenvalue weighted by Gasteiger charge is -2.33. The topological polar surface area (TPSA) is 88.0 Å². The molecule has 8 nitrogen and oxygen atoms in total. The molecular formula is C32H32ClN7OS. The molecule has 1 aliphatic carbocycles.